The van der Waals surface area contributed by atoms with Crippen molar-refractivity contribution in [3.8, 4) is 0 Å². The molecule has 0 aliphatic carbocycles. The van der Waals surface area contributed by atoms with Gasteiger partial charge >= 0.3 is 0 Å². The van der Waals surface area contributed by atoms with Crippen LogP contribution in [0.2, 0.25) is 10.2 Å². The van der Waals surface area contributed by atoms with Gasteiger partial charge in [-0.15, -0.1) is 0 Å². The first-order valence-electron chi connectivity index (χ1n) is 6.32. The van der Waals surface area contributed by atoms with Crippen molar-refractivity contribution in [2.75, 3.05) is 0 Å². The topological polar surface area (TPSA) is 42.0 Å². The van der Waals surface area contributed by atoms with Gasteiger partial charge in [-0.25, -0.2) is 4.98 Å². The van der Waals surface area contributed by atoms with E-state index in [0.29, 0.717) is 5.56 Å². The van der Waals surface area contributed by atoms with Crippen LogP contribution in [0.25, 0.3) is 0 Å². The number of nitrogens with one attached hydrogen (secondary N) is 1. The van der Waals surface area contributed by atoms with E-state index in [1.165, 1.54) is 12.3 Å². The molecule has 3 nitrogen and oxygen atoms in total. The number of halogens is 3. The molecule has 2 rings (SSSR count). The maximum Gasteiger partial charge on any atom is 0.253 e. The Kier molecular flexibility index (Phi) is 5.62. The summed E-state index contributed by atoms with van der Waals surface area (Å²) in [6.45, 7) is 1.95. The molecule has 1 aromatic heterocycles. The second-order valence-corrected chi connectivity index (χ2v) is 6.38. The number of hydrogen-bond donors (Lipinski definition) is 1. The molecular formula is C15H13BrCl2N2O. The van der Waals surface area contributed by atoms with E-state index in [0.717, 1.165) is 16.5 Å². The Balaban J connectivity index is 1.98. The highest BCUT2D eigenvalue weighted by Gasteiger charge is 2.12. The molecule has 21 heavy (non-hydrogen) atoms. The highest BCUT2D eigenvalue weighted by atomic mass is 79.9. The summed E-state index contributed by atoms with van der Waals surface area (Å²) < 4.78 is 1.03. The van der Waals surface area contributed by atoms with Gasteiger partial charge in [0.15, 0.2) is 0 Å². The minimum Gasteiger partial charge on any atom is -0.349 e. The SMILES string of the molecule is CC(Cc1ccc(Br)cc1)NC(=O)c1cnc(Cl)c(Cl)c1. The van der Waals surface area contributed by atoms with Crippen molar-refractivity contribution >= 4 is 45.0 Å². The van der Waals surface area contributed by atoms with Crippen molar-refractivity contribution < 1.29 is 4.79 Å². The van der Waals surface area contributed by atoms with E-state index < -0.39 is 0 Å². The van der Waals surface area contributed by atoms with Crippen molar-refractivity contribution in [2.45, 2.75) is 19.4 Å². The Bertz CT molecular complexity index is 647. The van der Waals surface area contributed by atoms with Gasteiger partial charge < -0.3 is 5.32 Å². The Morgan fingerprint density at radius 3 is 2.62 bits per heavy atom. The van der Waals surface area contributed by atoms with Gasteiger partial charge in [0, 0.05) is 16.7 Å². The van der Waals surface area contributed by atoms with E-state index in [1.54, 1.807) is 0 Å². The Morgan fingerprint density at radius 2 is 2.00 bits per heavy atom. The van der Waals surface area contributed by atoms with Crippen LogP contribution in [-0.2, 0) is 6.42 Å². The lowest BCUT2D eigenvalue weighted by atomic mass is 10.1. The summed E-state index contributed by atoms with van der Waals surface area (Å²) in [7, 11) is 0. The van der Waals surface area contributed by atoms with Gasteiger partial charge in [0.2, 0.25) is 0 Å². The average molecular weight is 388 g/mol. The van der Waals surface area contributed by atoms with Crippen LogP contribution in [0.1, 0.15) is 22.8 Å². The van der Waals surface area contributed by atoms with Gasteiger partial charge in [-0.2, -0.15) is 0 Å². The first-order chi connectivity index (χ1) is 9.95. The molecule has 110 valence electrons. The third-order valence-corrected chi connectivity index (χ3v) is 4.11. The smallest absolute Gasteiger partial charge is 0.253 e. The number of hydrogen-bond acceptors (Lipinski definition) is 2. The molecule has 0 saturated carbocycles. The minimum atomic E-state index is -0.217. The molecule has 0 saturated heterocycles. The van der Waals surface area contributed by atoms with E-state index in [-0.39, 0.29) is 22.1 Å². The second-order valence-electron chi connectivity index (χ2n) is 4.70. The van der Waals surface area contributed by atoms with Crippen LogP contribution in [0.5, 0.6) is 0 Å². The fourth-order valence-electron chi connectivity index (χ4n) is 1.88. The van der Waals surface area contributed by atoms with Crippen LogP contribution in [0.3, 0.4) is 0 Å². The van der Waals surface area contributed by atoms with Gasteiger partial charge in [0.25, 0.3) is 5.91 Å². The maximum absolute atomic E-state index is 12.1. The highest BCUT2D eigenvalue weighted by Crippen LogP contribution is 2.19. The van der Waals surface area contributed by atoms with Crippen molar-refractivity contribution in [3.63, 3.8) is 0 Å². The number of rotatable bonds is 4. The van der Waals surface area contributed by atoms with Crippen molar-refractivity contribution in [2.24, 2.45) is 0 Å². The maximum atomic E-state index is 12.1. The summed E-state index contributed by atoms with van der Waals surface area (Å²) in [6, 6.07) is 9.51. The Labute approximate surface area is 141 Å². The minimum absolute atomic E-state index is 0.00636. The van der Waals surface area contributed by atoms with Gasteiger partial charge in [-0.05, 0) is 37.1 Å². The molecule has 0 radical (unpaired) electrons. The summed E-state index contributed by atoms with van der Waals surface area (Å²) in [5, 5.41) is 3.37. The fraction of sp³-hybridized carbons (Fsp3) is 0.200. The van der Waals surface area contributed by atoms with Crippen LogP contribution in [0.15, 0.2) is 41.0 Å². The predicted molar refractivity (Wildman–Crippen MR) is 89.0 cm³/mol. The van der Waals surface area contributed by atoms with Gasteiger partial charge in [0.1, 0.15) is 5.15 Å². The second kappa shape index (κ2) is 7.25. The molecular weight excluding hydrogens is 375 g/mol. The number of pyridine rings is 1. The molecule has 1 heterocycles. The van der Waals surface area contributed by atoms with E-state index in [2.05, 4.69) is 26.2 Å². The quantitative estimate of drug-likeness (QED) is 0.784. The van der Waals surface area contributed by atoms with Gasteiger partial charge in [0.05, 0.1) is 10.6 Å². The molecule has 0 spiro atoms. The van der Waals surface area contributed by atoms with Gasteiger partial charge in [-0.1, -0.05) is 51.3 Å². The molecule has 1 amide bonds. The first kappa shape index (κ1) is 16.3. The molecule has 1 unspecified atom stereocenters. The van der Waals surface area contributed by atoms with Crippen LogP contribution < -0.4 is 5.32 Å². The zero-order chi connectivity index (χ0) is 15.4. The summed E-state index contributed by atoms with van der Waals surface area (Å²) in [5.74, 6) is -0.217. The van der Waals surface area contributed by atoms with Crippen molar-refractivity contribution in [1.82, 2.24) is 10.3 Å². The average Bonchev–Trinajstić information content (AvgIpc) is 2.44. The van der Waals surface area contributed by atoms with Crippen LogP contribution in [0.4, 0.5) is 0 Å². The predicted octanol–water partition coefficient (Wildman–Crippen LogP) is 4.51. The van der Waals surface area contributed by atoms with Crippen LogP contribution in [-0.4, -0.2) is 16.9 Å². The van der Waals surface area contributed by atoms with Gasteiger partial charge in [-0.3, -0.25) is 4.79 Å². The first-order valence-corrected chi connectivity index (χ1v) is 7.87. The summed E-state index contributed by atoms with van der Waals surface area (Å²) in [6.07, 6.45) is 2.16. The normalized spacial score (nSPS) is 12.0. The lowest BCUT2D eigenvalue weighted by molar-refractivity contribution is 0.0940. The Morgan fingerprint density at radius 1 is 1.33 bits per heavy atom. The number of carbonyl (C=O) groups is 1. The number of carbonyl (C=O) groups excluding carboxylic acids is 1. The largest absolute Gasteiger partial charge is 0.349 e. The summed E-state index contributed by atoms with van der Waals surface area (Å²) in [5.41, 5.74) is 1.55. The Hall–Kier alpha value is -1.10. The van der Waals surface area contributed by atoms with E-state index in [1.807, 2.05) is 31.2 Å². The number of benzene rings is 1. The zero-order valence-corrected chi connectivity index (χ0v) is 14.3. The lowest BCUT2D eigenvalue weighted by Crippen LogP contribution is -2.34. The highest BCUT2D eigenvalue weighted by molar-refractivity contribution is 9.10. The lowest BCUT2D eigenvalue weighted by Gasteiger charge is -2.14. The molecule has 1 atom stereocenters. The number of amides is 1. The van der Waals surface area contributed by atoms with Crippen molar-refractivity contribution in [3.05, 3.63) is 62.3 Å². The molecule has 0 aliphatic heterocycles. The molecule has 1 aromatic carbocycles. The third-order valence-electron chi connectivity index (χ3n) is 2.89. The van der Waals surface area contributed by atoms with Crippen molar-refractivity contribution in [1.29, 1.82) is 0 Å². The standard InChI is InChI=1S/C15H13BrCl2N2O/c1-9(6-10-2-4-12(16)5-3-10)20-15(21)11-7-13(17)14(18)19-8-11/h2-5,7-9H,6H2,1H3,(H,20,21). The number of nitrogens with zero attached hydrogens (tertiary/aromatic N) is 1. The molecule has 0 aliphatic rings. The molecule has 0 bridgehead atoms. The van der Waals surface area contributed by atoms with E-state index >= 15 is 0 Å². The monoisotopic (exact) mass is 386 g/mol. The van der Waals surface area contributed by atoms with Crippen LogP contribution >= 0.6 is 39.1 Å². The summed E-state index contributed by atoms with van der Waals surface area (Å²) >= 11 is 15.0. The fourth-order valence-corrected chi connectivity index (χ4v) is 2.41. The molecule has 1 N–H and O–H groups in total. The molecule has 0 fully saturated rings. The number of aromatic nitrogens is 1. The summed E-state index contributed by atoms with van der Waals surface area (Å²) in [4.78, 5) is 16.0. The van der Waals surface area contributed by atoms with Crippen LogP contribution in [0, 0.1) is 0 Å². The molecule has 2 aromatic rings. The van der Waals surface area contributed by atoms with E-state index in [9.17, 15) is 4.79 Å². The zero-order valence-electron chi connectivity index (χ0n) is 11.2. The van der Waals surface area contributed by atoms with E-state index in [4.69, 9.17) is 23.2 Å². The third kappa shape index (κ3) is 4.70. The molecule has 6 heteroatoms.